The van der Waals surface area contributed by atoms with Crippen molar-refractivity contribution in [2.75, 3.05) is 41.1 Å². The van der Waals surface area contributed by atoms with Crippen LogP contribution in [0, 0.1) is 46.8 Å². The molecule has 3 fully saturated rings. The van der Waals surface area contributed by atoms with Gasteiger partial charge in [0.25, 0.3) is 11.7 Å². The Balaban J connectivity index is 1.71. The number of piperidine rings is 1. The lowest BCUT2D eigenvalue weighted by atomic mass is 9.78. The van der Waals surface area contributed by atoms with Gasteiger partial charge in [-0.15, -0.1) is 0 Å². The average Bonchev–Trinajstić information content (AvgIpc) is 3.39. The molecule has 2 saturated heterocycles. The number of carbonyl (C=O) groups is 6. The van der Waals surface area contributed by atoms with Gasteiger partial charge < -0.3 is 53.7 Å². The van der Waals surface area contributed by atoms with Crippen LogP contribution in [0.2, 0.25) is 0 Å². The van der Waals surface area contributed by atoms with Crippen LogP contribution in [0.15, 0.2) is 47.6 Å². The van der Waals surface area contributed by atoms with Crippen molar-refractivity contribution in [3.63, 3.8) is 0 Å². The Bertz CT molecular complexity index is 2040. The van der Waals surface area contributed by atoms with E-state index in [9.17, 15) is 49.2 Å². The Hall–Kier alpha value is -3.94. The fraction of sp³-hybridized carbons (Fsp3) is 0.754. The van der Waals surface area contributed by atoms with Crippen molar-refractivity contribution >= 4 is 35.2 Å². The molecule has 3 aliphatic heterocycles. The molecule has 16 atom stereocenters. The number of hydrogen-bond donors (Lipinski definition) is 4. The number of fused-ring (bicyclic) bond motifs is 3. The van der Waals surface area contributed by atoms with Gasteiger partial charge in [-0.1, -0.05) is 78.0 Å². The normalized spacial score (nSPS) is 37.0. The van der Waals surface area contributed by atoms with Crippen molar-refractivity contribution in [1.82, 2.24) is 4.90 Å². The topological polar surface area (TPSA) is 242 Å². The molecule has 2 unspecified atom stereocenters. The van der Waals surface area contributed by atoms with E-state index in [2.05, 4.69) is 0 Å². The van der Waals surface area contributed by atoms with Gasteiger partial charge in [0.2, 0.25) is 5.79 Å². The molecular weight excluding hydrogens is 955 g/mol. The zero-order valence-electron chi connectivity index (χ0n) is 46.2. The van der Waals surface area contributed by atoms with Gasteiger partial charge >= 0.3 is 11.9 Å². The molecule has 4 N–H and O–H groups in total. The van der Waals surface area contributed by atoms with Gasteiger partial charge in [0.05, 0.1) is 31.5 Å². The summed E-state index contributed by atoms with van der Waals surface area (Å²) in [6.07, 6.45) is 9.26. The number of rotatable bonds is 10. The molecule has 4 aliphatic rings. The van der Waals surface area contributed by atoms with Gasteiger partial charge in [0.15, 0.2) is 5.78 Å². The molecule has 0 spiro atoms. The summed E-state index contributed by atoms with van der Waals surface area (Å²) in [4.78, 5) is 85.7. The molecule has 1 amide bonds. The molecule has 1 saturated carbocycles. The summed E-state index contributed by atoms with van der Waals surface area (Å²) in [6, 6.07) is -1.20. The van der Waals surface area contributed by atoms with E-state index >= 15 is 0 Å². The standard InChI is InChI=1S/C57H89NO16/c1-33-18-14-13-15-19-34(2)46(69-10)29-42-23-21-38(6)57(68,74-42)52(64)53(65)58-25-17-16-20-43(58)54(66)72-47(30-44(61)35(3)26-37(5)49(62)51(71-12)50(63)40(8)39(33)7)36(4)27-41-22-24-45(48(28-41)70-11)73-55(67)56(9,31-59)32-60/h13-15,18-19,26,33,35-36,38-43,45-49,51,59-60,62,68H,16-17,20-25,27-32H2,1-12H3/b15-13?,18-14+,34-19?,37-26+/t33-,35-,36-,38-,39?,40-,41+,42?,43+,45-,46+,47+,48-,49-,51-,57-/m1/s1. The number of allylic oxidation sites excluding steroid dienone is 6. The number of carbonyl (C=O) groups excluding carboxylic acids is 6. The highest BCUT2D eigenvalue weighted by atomic mass is 16.6. The zero-order valence-corrected chi connectivity index (χ0v) is 46.2. The summed E-state index contributed by atoms with van der Waals surface area (Å²) in [6.45, 7) is 14.8. The van der Waals surface area contributed by atoms with Crippen LogP contribution in [0.1, 0.15) is 133 Å². The lowest BCUT2D eigenvalue weighted by Gasteiger charge is -2.42. The monoisotopic (exact) mass is 1040 g/mol. The fourth-order valence-corrected chi connectivity index (χ4v) is 10.8. The Morgan fingerprint density at radius 2 is 1.55 bits per heavy atom. The first-order valence-corrected chi connectivity index (χ1v) is 26.8. The molecule has 17 heteroatoms. The zero-order chi connectivity index (χ0) is 55.2. The molecular formula is C57H89NO16. The number of hydrogen-bond acceptors (Lipinski definition) is 16. The second-order valence-electron chi connectivity index (χ2n) is 22.2. The van der Waals surface area contributed by atoms with Gasteiger partial charge in [0.1, 0.15) is 41.7 Å². The summed E-state index contributed by atoms with van der Waals surface area (Å²) in [5, 5.41) is 43.2. The van der Waals surface area contributed by atoms with E-state index in [1.54, 1.807) is 34.0 Å². The van der Waals surface area contributed by atoms with Gasteiger partial charge in [-0.3, -0.25) is 24.0 Å². The quantitative estimate of drug-likeness (QED) is 0.112. The number of ketones is 3. The van der Waals surface area contributed by atoms with Crippen molar-refractivity contribution in [1.29, 1.82) is 0 Å². The summed E-state index contributed by atoms with van der Waals surface area (Å²) >= 11 is 0. The first kappa shape index (κ1) is 62.6. The van der Waals surface area contributed by atoms with Crippen LogP contribution in [0.3, 0.4) is 0 Å². The van der Waals surface area contributed by atoms with Crippen molar-refractivity contribution in [3.05, 3.63) is 47.6 Å². The molecule has 2 bridgehead atoms. The summed E-state index contributed by atoms with van der Waals surface area (Å²) < 4.78 is 35.5. The highest BCUT2D eigenvalue weighted by molar-refractivity contribution is 6.39. The third-order valence-corrected chi connectivity index (χ3v) is 16.7. The van der Waals surface area contributed by atoms with Crippen LogP contribution in [0.25, 0.3) is 0 Å². The molecule has 0 radical (unpaired) electrons. The summed E-state index contributed by atoms with van der Waals surface area (Å²) in [7, 11) is 4.44. The number of ether oxygens (including phenoxy) is 6. The second-order valence-corrected chi connectivity index (χ2v) is 22.2. The maximum Gasteiger partial charge on any atom is 0.329 e. The van der Waals surface area contributed by atoms with Crippen molar-refractivity contribution in [2.45, 2.75) is 187 Å². The number of aliphatic hydroxyl groups excluding tert-OH is 3. The maximum absolute atomic E-state index is 14.6. The van der Waals surface area contributed by atoms with Crippen molar-refractivity contribution in [3.8, 4) is 0 Å². The minimum absolute atomic E-state index is 0.0394. The molecule has 1 aliphatic carbocycles. The van der Waals surface area contributed by atoms with Gasteiger partial charge in [-0.05, 0) is 113 Å². The smallest absolute Gasteiger partial charge is 0.329 e. The Morgan fingerprint density at radius 1 is 0.865 bits per heavy atom. The van der Waals surface area contributed by atoms with Crippen LogP contribution < -0.4 is 0 Å². The number of Topliss-reactive ketones (excluding diaryl/α,β-unsaturated/α-hetero) is 3. The van der Waals surface area contributed by atoms with Crippen LogP contribution >= 0.6 is 0 Å². The minimum atomic E-state index is -2.47. The molecule has 0 aromatic carbocycles. The first-order chi connectivity index (χ1) is 34.9. The summed E-state index contributed by atoms with van der Waals surface area (Å²) in [5.41, 5.74) is -0.282. The van der Waals surface area contributed by atoms with Crippen molar-refractivity contribution < 1.29 is 77.6 Å². The second kappa shape index (κ2) is 28.4. The Morgan fingerprint density at radius 3 is 2.19 bits per heavy atom. The van der Waals surface area contributed by atoms with E-state index in [1.165, 1.54) is 21.1 Å². The van der Waals surface area contributed by atoms with Crippen LogP contribution in [0.5, 0.6) is 0 Å². The van der Waals surface area contributed by atoms with E-state index < -0.39 is 120 Å². The van der Waals surface area contributed by atoms with Crippen LogP contribution in [-0.2, 0) is 57.2 Å². The predicted molar refractivity (Wildman–Crippen MR) is 276 cm³/mol. The average molecular weight is 1040 g/mol. The molecule has 17 nitrogen and oxygen atoms in total. The van der Waals surface area contributed by atoms with E-state index in [1.807, 2.05) is 65.0 Å². The van der Waals surface area contributed by atoms with Gasteiger partial charge in [-0.25, -0.2) is 4.79 Å². The van der Waals surface area contributed by atoms with E-state index in [-0.39, 0.29) is 55.1 Å². The predicted octanol–water partition coefficient (Wildman–Crippen LogP) is 5.97. The van der Waals surface area contributed by atoms with E-state index in [4.69, 9.17) is 28.4 Å². The fourth-order valence-electron chi connectivity index (χ4n) is 10.8. The lowest BCUT2D eigenvalue weighted by molar-refractivity contribution is -0.265. The molecule has 3 heterocycles. The molecule has 4 rings (SSSR count). The number of aliphatic hydroxyl groups is 4. The Kier molecular flexibility index (Phi) is 24.1. The molecule has 74 heavy (non-hydrogen) atoms. The van der Waals surface area contributed by atoms with Gasteiger partial charge in [-0.2, -0.15) is 0 Å². The summed E-state index contributed by atoms with van der Waals surface area (Å²) in [5.74, 6) is -9.59. The third-order valence-electron chi connectivity index (χ3n) is 16.7. The molecule has 0 aromatic rings. The van der Waals surface area contributed by atoms with Crippen LogP contribution in [0.4, 0.5) is 0 Å². The molecule has 0 aromatic heterocycles. The van der Waals surface area contributed by atoms with Gasteiger partial charge in [0, 0.05) is 58.5 Å². The molecule has 418 valence electrons. The Labute approximate surface area is 439 Å². The van der Waals surface area contributed by atoms with Crippen LogP contribution in [-0.4, -0.2) is 156 Å². The number of nitrogens with zero attached hydrogens (tertiary/aromatic N) is 1. The lowest BCUT2D eigenvalue weighted by Crippen LogP contribution is -2.61. The largest absolute Gasteiger partial charge is 0.460 e. The third kappa shape index (κ3) is 15.6. The number of methoxy groups -OCH3 is 3. The number of amides is 1. The maximum atomic E-state index is 14.6. The number of esters is 2. The highest BCUT2D eigenvalue weighted by Crippen LogP contribution is 2.39. The minimum Gasteiger partial charge on any atom is -0.460 e. The van der Waals surface area contributed by atoms with E-state index in [0.29, 0.717) is 56.9 Å². The number of cyclic esters (lactones) is 1. The SMILES string of the molecule is CO[C@H]1CC2CC[C@@H](C)[C@@](O)(O2)C(=O)C(=O)N2CCCC[C@H]2C(=O)O[C@H]([C@H](C)C[C@@H]2CC[C@@H](OC(=O)C(C)(CO)CO)[C@H](OC)C2)CC(=O)[C@H](C)/C=C(\C)[C@@H](O)[C@@H](OC)C(=O)[C@H](C)C(C)[C@H](C)/C=C/C=CC=C1C. The van der Waals surface area contributed by atoms with Crippen molar-refractivity contribution in [2.24, 2.45) is 46.8 Å². The first-order valence-electron chi connectivity index (χ1n) is 26.8. The van der Waals surface area contributed by atoms with E-state index in [0.717, 1.165) is 10.5 Å². The highest BCUT2D eigenvalue weighted by Gasteiger charge is 2.53.